The van der Waals surface area contributed by atoms with Crippen molar-refractivity contribution in [3.63, 3.8) is 0 Å². The van der Waals surface area contributed by atoms with Gasteiger partial charge in [-0.05, 0) is 43.2 Å². The number of para-hydroxylation sites is 2. The molecule has 0 bridgehead atoms. The zero-order valence-corrected chi connectivity index (χ0v) is 13.9. The molecule has 1 amide bonds. The van der Waals surface area contributed by atoms with Crippen molar-refractivity contribution in [3.8, 4) is 5.75 Å². The van der Waals surface area contributed by atoms with Crippen molar-refractivity contribution in [2.75, 3.05) is 6.61 Å². The molecule has 124 valence electrons. The third-order valence-electron chi connectivity index (χ3n) is 3.90. The fourth-order valence-corrected chi connectivity index (χ4v) is 2.50. The Morgan fingerprint density at radius 3 is 2.67 bits per heavy atom. The van der Waals surface area contributed by atoms with E-state index in [0.29, 0.717) is 5.75 Å². The van der Waals surface area contributed by atoms with Crippen LogP contribution in [0.4, 0.5) is 0 Å². The van der Waals surface area contributed by atoms with Gasteiger partial charge >= 0.3 is 0 Å². The molecule has 5 nitrogen and oxygen atoms in total. The minimum atomic E-state index is -0.212. The fraction of sp³-hybridized carbons (Fsp3) is 0.263. The maximum Gasteiger partial charge on any atom is 0.258 e. The Balaban J connectivity index is 1.55. The number of fused-ring (bicyclic) bond motifs is 1. The number of benzene rings is 2. The second kappa shape index (κ2) is 7.17. The highest BCUT2D eigenvalue weighted by molar-refractivity contribution is 5.78. The number of aryl methyl sites for hydroxylation is 1. The van der Waals surface area contributed by atoms with Crippen molar-refractivity contribution < 1.29 is 9.53 Å². The first-order valence-corrected chi connectivity index (χ1v) is 8.11. The first-order valence-electron chi connectivity index (χ1n) is 8.11. The van der Waals surface area contributed by atoms with E-state index in [-0.39, 0.29) is 18.6 Å². The van der Waals surface area contributed by atoms with Crippen molar-refractivity contribution >= 4 is 16.9 Å². The van der Waals surface area contributed by atoms with E-state index in [9.17, 15) is 4.79 Å². The minimum absolute atomic E-state index is 0.0178. The summed E-state index contributed by atoms with van der Waals surface area (Å²) in [4.78, 5) is 19.8. The predicted molar refractivity (Wildman–Crippen MR) is 94.0 cm³/mol. The lowest BCUT2D eigenvalue weighted by atomic mass is 10.2. The van der Waals surface area contributed by atoms with Crippen molar-refractivity contribution in [2.45, 2.75) is 26.3 Å². The van der Waals surface area contributed by atoms with Crippen molar-refractivity contribution in [1.82, 2.24) is 15.3 Å². The number of nitrogens with one attached hydrogen (secondary N) is 2. The van der Waals surface area contributed by atoms with Crippen LogP contribution >= 0.6 is 0 Å². The van der Waals surface area contributed by atoms with Gasteiger partial charge in [0, 0.05) is 0 Å². The van der Waals surface area contributed by atoms with Crippen LogP contribution in [0.15, 0.2) is 48.5 Å². The zero-order valence-electron chi connectivity index (χ0n) is 13.9. The molecule has 0 saturated heterocycles. The lowest BCUT2D eigenvalue weighted by Crippen LogP contribution is -2.31. The average molecular weight is 323 g/mol. The summed E-state index contributed by atoms with van der Waals surface area (Å²) in [6, 6.07) is 15.4. The molecule has 0 aliphatic heterocycles. The SMILES string of the molecule is CCc1ccc(OCC(=O)N[C@@H](C)c2nc3ccccc3[nH]2)cc1. The van der Waals surface area contributed by atoms with Crippen molar-refractivity contribution in [2.24, 2.45) is 0 Å². The summed E-state index contributed by atoms with van der Waals surface area (Å²) in [7, 11) is 0. The molecule has 5 heteroatoms. The van der Waals surface area contributed by atoms with E-state index >= 15 is 0 Å². The number of rotatable bonds is 6. The third kappa shape index (κ3) is 3.74. The Kier molecular flexibility index (Phi) is 4.79. The van der Waals surface area contributed by atoms with Crippen LogP contribution in [0.5, 0.6) is 5.75 Å². The maximum absolute atomic E-state index is 12.1. The van der Waals surface area contributed by atoms with Crippen LogP contribution in [0.3, 0.4) is 0 Å². The first kappa shape index (κ1) is 16.1. The summed E-state index contributed by atoms with van der Waals surface area (Å²) < 4.78 is 5.52. The molecule has 0 saturated carbocycles. The number of hydrogen-bond donors (Lipinski definition) is 2. The Hall–Kier alpha value is -2.82. The van der Waals surface area contributed by atoms with Gasteiger partial charge in [0.1, 0.15) is 11.6 Å². The highest BCUT2D eigenvalue weighted by Gasteiger charge is 2.13. The van der Waals surface area contributed by atoms with E-state index in [1.54, 1.807) is 0 Å². The smallest absolute Gasteiger partial charge is 0.258 e. The molecule has 2 N–H and O–H groups in total. The largest absolute Gasteiger partial charge is 0.484 e. The molecule has 0 aliphatic carbocycles. The topological polar surface area (TPSA) is 67.0 Å². The molecule has 1 heterocycles. The molecule has 1 aromatic heterocycles. The Labute approximate surface area is 141 Å². The number of amides is 1. The van der Waals surface area contributed by atoms with Gasteiger partial charge in [0.15, 0.2) is 6.61 Å². The summed E-state index contributed by atoms with van der Waals surface area (Å²) >= 11 is 0. The summed E-state index contributed by atoms with van der Waals surface area (Å²) in [5.41, 5.74) is 3.09. The summed E-state index contributed by atoms with van der Waals surface area (Å²) in [6.45, 7) is 3.98. The number of carbonyl (C=O) groups is 1. The Morgan fingerprint density at radius 2 is 1.96 bits per heavy atom. The number of aromatic nitrogens is 2. The predicted octanol–water partition coefficient (Wildman–Crippen LogP) is 3.38. The monoisotopic (exact) mass is 323 g/mol. The first-order chi connectivity index (χ1) is 11.7. The Bertz CT molecular complexity index is 791. The normalized spacial score (nSPS) is 12.1. The van der Waals surface area contributed by atoms with Gasteiger partial charge in [-0.15, -0.1) is 0 Å². The van der Waals surface area contributed by atoms with Crippen LogP contribution in [0, 0.1) is 0 Å². The van der Waals surface area contributed by atoms with E-state index in [1.165, 1.54) is 5.56 Å². The highest BCUT2D eigenvalue weighted by atomic mass is 16.5. The summed E-state index contributed by atoms with van der Waals surface area (Å²) in [5.74, 6) is 1.25. The quantitative estimate of drug-likeness (QED) is 0.731. The van der Waals surface area contributed by atoms with Gasteiger partial charge in [0.25, 0.3) is 5.91 Å². The van der Waals surface area contributed by atoms with Crippen LogP contribution in [0.25, 0.3) is 11.0 Å². The third-order valence-corrected chi connectivity index (χ3v) is 3.90. The molecule has 0 spiro atoms. The van der Waals surface area contributed by atoms with Crippen LogP contribution in [-0.4, -0.2) is 22.5 Å². The second-order valence-electron chi connectivity index (χ2n) is 5.71. The number of H-pyrrole nitrogens is 1. The molecule has 24 heavy (non-hydrogen) atoms. The van der Waals surface area contributed by atoms with Crippen molar-refractivity contribution in [1.29, 1.82) is 0 Å². The van der Waals surface area contributed by atoms with Gasteiger partial charge in [0.05, 0.1) is 17.1 Å². The molecule has 2 aromatic carbocycles. The molecule has 1 atom stereocenters. The van der Waals surface area contributed by atoms with Crippen LogP contribution in [-0.2, 0) is 11.2 Å². The van der Waals surface area contributed by atoms with E-state index < -0.39 is 0 Å². The summed E-state index contributed by atoms with van der Waals surface area (Å²) in [6.07, 6.45) is 0.982. The average Bonchev–Trinajstić information content (AvgIpc) is 3.05. The number of ether oxygens (including phenoxy) is 1. The number of hydrogen-bond acceptors (Lipinski definition) is 3. The van der Waals surface area contributed by atoms with Gasteiger partial charge in [-0.3, -0.25) is 4.79 Å². The van der Waals surface area contributed by atoms with Crippen LogP contribution < -0.4 is 10.1 Å². The van der Waals surface area contributed by atoms with Crippen molar-refractivity contribution in [3.05, 3.63) is 59.9 Å². The number of nitrogens with zero attached hydrogens (tertiary/aromatic N) is 1. The molecule has 0 unspecified atom stereocenters. The van der Waals surface area contributed by atoms with Gasteiger partial charge in [-0.2, -0.15) is 0 Å². The summed E-state index contributed by atoms with van der Waals surface area (Å²) in [5, 5.41) is 2.89. The molecular formula is C19H21N3O2. The van der Waals surface area contributed by atoms with E-state index in [0.717, 1.165) is 23.3 Å². The second-order valence-corrected chi connectivity index (χ2v) is 5.71. The van der Waals surface area contributed by atoms with E-state index in [4.69, 9.17) is 4.74 Å². The Morgan fingerprint density at radius 1 is 1.21 bits per heavy atom. The molecule has 0 fully saturated rings. The molecule has 0 radical (unpaired) electrons. The fourth-order valence-electron chi connectivity index (χ4n) is 2.50. The number of aromatic amines is 1. The maximum atomic E-state index is 12.1. The van der Waals surface area contributed by atoms with E-state index in [2.05, 4.69) is 22.2 Å². The van der Waals surface area contributed by atoms with Gasteiger partial charge < -0.3 is 15.0 Å². The standard InChI is InChI=1S/C19H21N3O2/c1-3-14-8-10-15(11-9-14)24-12-18(23)20-13(2)19-21-16-6-4-5-7-17(16)22-19/h4-11,13H,3,12H2,1-2H3,(H,20,23)(H,21,22)/t13-/m0/s1. The van der Waals surface area contributed by atoms with Gasteiger partial charge in [-0.25, -0.2) is 4.98 Å². The number of carbonyl (C=O) groups excluding carboxylic acids is 1. The molecular weight excluding hydrogens is 302 g/mol. The zero-order chi connectivity index (χ0) is 16.9. The van der Waals surface area contributed by atoms with Gasteiger partial charge in [-0.1, -0.05) is 31.2 Å². The molecule has 3 rings (SSSR count). The van der Waals surface area contributed by atoms with Gasteiger partial charge in [0.2, 0.25) is 0 Å². The van der Waals surface area contributed by atoms with Crippen LogP contribution in [0.2, 0.25) is 0 Å². The molecule has 3 aromatic rings. The van der Waals surface area contributed by atoms with E-state index in [1.807, 2.05) is 55.5 Å². The lowest BCUT2D eigenvalue weighted by Gasteiger charge is -2.12. The van der Waals surface area contributed by atoms with Crippen LogP contribution in [0.1, 0.15) is 31.3 Å². The highest BCUT2D eigenvalue weighted by Crippen LogP contribution is 2.16. The number of imidazole rings is 1. The minimum Gasteiger partial charge on any atom is -0.484 e. The molecule has 0 aliphatic rings. The lowest BCUT2D eigenvalue weighted by molar-refractivity contribution is -0.123.